The summed E-state index contributed by atoms with van der Waals surface area (Å²) >= 11 is 1.21. The molecule has 0 aliphatic carbocycles. The molecule has 6 nitrogen and oxygen atoms in total. The second kappa shape index (κ2) is 8.16. The molecule has 7 heteroatoms. The average molecular weight is 395 g/mol. The van der Waals surface area contributed by atoms with Crippen LogP contribution in [0.1, 0.15) is 23.7 Å². The van der Waals surface area contributed by atoms with Crippen molar-refractivity contribution in [3.8, 4) is 0 Å². The number of ether oxygens (including phenoxy) is 1. The van der Waals surface area contributed by atoms with Gasteiger partial charge in [-0.3, -0.25) is 14.2 Å². The predicted octanol–water partition coefficient (Wildman–Crippen LogP) is 2.89. The molecule has 1 saturated heterocycles. The van der Waals surface area contributed by atoms with Crippen molar-refractivity contribution in [3.63, 3.8) is 0 Å². The molecule has 3 aromatic rings. The lowest BCUT2D eigenvalue weighted by Gasteiger charge is -2.19. The second-order valence-electron chi connectivity index (χ2n) is 6.77. The quantitative estimate of drug-likeness (QED) is 0.512. The zero-order valence-electron chi connectivity index (χ0n) is 15.3. The number of para-hydroxylation sites is 1. The number of nitrogens with zero attached hydrogens (tertiary/aromatic N) is 2. The van der Waals surface area contributed by atoms with Gasteiger partial charge >= 0.3 is 0 Å². The first-order valence-corrected chi connectivity index (χ1v) is 10.1. The Bertz CT molecular complexity index is 1050. The van der Waals surface area contributed by atoms with Gasteiger partial charge in [0.1, 0.15) is 5.25 Å². The van der Waals surface area contributed by atoms with Crippen molar-refractivity contribution in [1.82, 2.24) is 9.55 Å². The van der Waals surface area contributed by atoms with E-state index in [2.05, 4.69) is 4.98 Å². The van der Waals surface area contributed by atoms with Gasteiger partial charge in [-0.2, -0.15) is 0 Å². The van der Waals surface area contributed by atoms with Crippen molar-refractivity contribution in [2.75, 3.05) is 6.61 Å². The third-order valence-corrected chi connectivity index (χ3v) is 6.08. The highest BCUT2D eigenvalue weighted by atomic mass is 32.2. The fraction of sp³-hybridized carbons (Fsp3) is 0.286. The van der Waals surface area contributed by atoms with Crippen molar-refractivity contribution in [3.05, 3.63) is 70.5 Å². The third kappa shape index (κ3) is 3.81. The molecule has 144 valence electrons. The molecule has 0 bridgehead atoms. The Hall–Kier alpha value is -2.64. The smallest absolute Gasteiger partial charge is 0.262 e. The summed E-state index contributed by atoms with van der Waals surface area (Å²) in [6, 6.07) is 16.6. The van der Waals surface area contributed by atoms with E-state index in [-0.39, 0.29) is 11.7 Å². The molecule has 2 heterocycles. The standard InChI is InChI=1S/C21H21N3O3S/c22-19(25)18(14-7-2-1-3-8-14)28-21-23-17-11-5-4-10-16(17)20(26)24(21)13-15-9-6-12-27-15/h1-5,7-8,10-11,15,18H,6,9,12-13H2,(H2,22,25)/t15-,18-/m0/s1. The molecule has 2 N–H and O–H groups in total. The van der Waals surface area contributed by atoms with Crippen LogP contribution >= 0.6 is 11.8 Å². The Morgan fingerprint density at radius 1 is 1.21 bits per heavy atom. The molecule has 1 amide bonds. The zero-order valence-corrected chi connectivity index (χ0v) is 16.1. The lowest BCUT2D eigenvalue weighted by molar-refractivity contribution is -0.117. The topological polar surface area (TPSA) is 87.2 Å². The summed E-state index contributed by atoms with van der Waals surface area (Å²) in [6.45, 7) is 1.12. The van der Waals surface area contributed by atoms with E-state index in [1.54, 1.807) is 16.7 Å². The van der Waals surface area contributed by atoms with Crippen molar-refractivity contribution in [1.29, 1.82) is 0 Å². The number of hydrogen-bond donors (Lipinski definition) is 1. The van der Waals surface area contributed by atoms with E-state index >= 15 is 0 Å². The summed E-state index contributed by atoms with van der Waals surface area (Å²) in [5, 5.41) is 0.400. The summed E-state index contributed by atoms with van der Waals surface area (Å²) in [4.78, 5) is 30.0. The molecule has 0 saturated carbocycles. The van der Waals surface area contributed by atoms with E-state index in [0.29, 0.717) is 29.2 Å². The van der Waals surface area contributed by atoms with Crippen LogP contribution in [0, 0.1) is 0 Å². The number of carbonyl (C=O) groups excluding carboxylic acids is 1. The first-order valence-electron chi connectivity index (χ1n) is 9.25. The normalized spacial score (nSPS) is 17.6. The Balaban J connectivity index is 1.79. The van der Waals surface area contributed by atoms with E-state index in [1.165, 1.54) is 11.8 Å². The molecule has 2 aromatic carbocycles. The summed E-state index contributed by atoms with van der Waals surface area (Å²) in [6.07, 6.45) is 1.86. The average Bonchev–Trinajstić information content (AvgIpc) is 3.22. The van der Waals surface area contributed by atoms with E-state index in [1.807, 2.05) is 42.5 Å². The van der Waals surface area contributed by atoms with Crippen LogP contribution in [-0.4, -0.2) is 28.2 Å². The van der Waals surface area contributed by atoms with Gasteiger partial charge in [0.05, 0.1) is 23.6 Å². The molecule has 1 fully saturated rings. The minimum absolute atomic E-state index is 0.0243. The number of hydrogen-bond acceptors (Lipinski definition) is 5. The van der Waals surface area contributed by atoms with Crippen molar-refractivity contribution in [2.45, 2.75) is 35.9 Å². The number of thioether (sulfide) groups is 1. The highest BCUT2D eigenvalue weighted by Crippen LogP contribution is 2.34. The van der Waals surface area contributed by atoms with Gasteiger partial charge < -0.3 is 10.5 Å². The molecule has 1 aromatic heterocycles. The van der Waals surface area contributed by atoms with Gasteiger partial charge in [0.15, 0.2) is 5.16 Å². The maximum Gasteiger partial charge on any atom is 0.262 e. The number of benzene rings is 2. The number of rotatable bonds is 6. The Morgan fingerprint density at radius 3 is 2.68 bits per heavy atom. The number of carbonyl (C=O) groups is 1. The van der Waals surface area contributed by atoms with E-state index in [0.717, 1.165) is 18.4 Å². The fourth-order valence-electron chi connectivity index (χ4n) is 3.41. The number of fused-ring (bicyclic) bond motifs is 1. The SMILES string of the molecule is NC(=O)[C@@H](Sc1nc2ccccc2c(=O)n1C[C@@H]1CCCO1)c1ccccc1. The van der Waals surface area contributed by atoms with Crippen LogP contribution in [0.15, 0.2) is 64.5 Å². The highest BCUT2D eigenvalue weighted by Gasteiger charge is 2.25. The molecule has 2 atom stereocenters. The van der Waals surface area contributed by atoms with Crippen molar-refractivity contribution >= 4 is 28.6 Å². The van der Waals surface area contributed by atoms with Crippen LogP contribution in [0.25, 0.3) is 10.9 Å². The molecular weight excluding hydrogens is 374 g/mol. The van der Waals surface area contributed by atoms with E-state index < -0.39 is 11.2 Å². The van der Waals surface area contributed by atoms with Gasteiger partial charge in [-0.25, -0.2) is 4.98 Å². The van der Waals surface area contributed by atoms with Crippen LogP contribution in [0.3, 0.4) is 0 Å². The number of amides is 1. The predicted molar refractivity (Wildman–Crippen MR) is 109 cm³/mol. The van der Waals surface area contributed by atoms with Gasteiger partial charge in [-0.15, -0.1) is 0 Å². The lowest BCUT2D eigenvalue weighted by Crippen LogP contribution is -2.29. The summed E-state index contributed by atoms with van der Waals surface area (Å²) in [5.41, 5.74) is 6.95. The Morgan fingerprint density at radius 2 is 1.96 bits per heavy atom. The minimum atomic E-state index is -0.634. The third-order valence-electron chi connectivity index (χ3n) is 4.82. The van der Waals surface area contributed by atoms with E-state index in [9.17, 15) is 9.59 Å². The molecule has 1 aliphatic rings. The Kier molecular flexibility index (Phi) is 5.45. The molecule has 0 spiro atoms. The maximum absolute atomic E-state index is 13.2. The van der Waals surface area contributed by atoms with Crippen LogP contribution in [0.4, 0.5) is 0 Å². The van der Waals surface area contributed by atoms with Gasteiger partial charge in [0.25, 0.3) is 5.56 Å². The number of aromatic nitrogens is 2. The Labute approximate surface area is 166 Å². The zero-order chi connectivity index (χ0) is 19.5. The lowest BCUT2D eigenvalue weighted by atomic mass is 10.1. The first kappa shape index (κ1) is 18.7. The molecule has 4 rings (SSSR count). The maximum atomic E-state index is 13.2. The van der Waals surface area contributed by atoms with Crippen molar-refractivity contribution in [2.24, 2.45) is 5.73 Å². The summed E-state index contributed by atoms with van der Waals surface area (Å²) < 4.78 is 7.35. The minimum Gasteiger partial charge on any atom is -0.376 e. The first-order chi connectivity index (χ1) is 13.6. The van der Waals surface area contributed by atoms with Crippen LogP contribution in [-0.2, 0) is 16.1 Å². The van der Waals surface area contributed by atoms with Gasteiger partial charge in [0.2, 0.25) is 5.91 Å². The van der Waals surface area contributed by atoms with Gasteiger partial charge in [0, 0.05) is 6.61 Å². The molecule has 0 unspecified atom stereocenters. The molecule has 0 radical (unpaired) electrons. The number of nitrogens with two attached hydrogens (primary N) is 1. The van der Waals surface area contributed by atoms with Gasteiger partial charge in [-0.1, -0.05) is 54.2 Å². The van der Waals surface area contributed by atoms with Crippen LogP contribution < -0.4 is 11.3 Å². The van der Waals surface area contributed by atoms with Gasteiger partial charge in [-0.05, 0) is 30.5 Å². The summed E-state index contributed by atoms with van der Waals surface area (Å²) in [7, 11) is 0. The second-order valence-corrected chi connectivity index (χ2v) is 7.85. The largest absolute Gasteiger partial charge is 0.376 e. The van der Waals surface area contributed by atoms with E-state index in [4.69, 9.17) is 10.5 Å². The molecular formula is C21H21N3O3S. The van der Waals surface area contributed by atoms with Crippen molar-refractivity contribution < 1.29 is 9.53 Å². The molecule has 28 heavy (non-hydrogen) atoms. The molecule has 1 aliphatic heterocycles. The fourth-order valence-corrected chi connectivity index (χ4v) is 4.47. The monoisotopic (exact) mass is 395 g/mol. The number of primary amides is 1. The van der Waals surface area contributed by atoms with Crippen LogP contribution in [0.2, 0.25) is 0 Å². The van der Waals surface area contributed by atoms with Crippen LogP contribution in [0.5, 0.6) is 0 Å². The highest BCUT2D eigenvalue weighted by molar-refractivity contribution is 8.00. The summed E-state index contributed by atoms with van der Waals surface area (Å²) in [5.74, 6) is -0.470.